The highest BCUT2D eigenvalue weighted by Crippen LogP contribution is 2.42. The molecule has 1 unspecified atom stereocenters. The maximum Gasteiger partial charge on any atom is 0.353 e. The summed E-state index contributed by atoms with van der Waals surface area (Å²) in [5, 5.41) is 20.2. The number of nitrogen functional groups attached to an aromatic ring is 1. The first kappa shape index (κ1) is 17.2. The molecular formula is C11H16N5O7P. The van der Waals surface area contributed by atoms with E-state index in [1.165, 1.54) is 17.2 Å². The summed E-state index contributed by atoms with van der Waals surface area (Å²) in [4.78, 5) is 21.2. The molecule has 0 amide bonds. The van der Waals surface area contributed by atoms with Gasteiger partial charge < -0.3 is 34.8 Å². The molecule has 13 heteroatoms. The molecule has 0 aliphatic carbocycles. The van der Waals surface area contributed by atoms with Gasteiger partial charge in [0.25, 0.3) is 0 Å². The van der Waals surface area contributed by atoms with Gasteiger partial charge in [-0.1, -0.05) is 0 Å². The topological polar surface area (TPSA) is 175 Å². The van der Waals surface area contributed by atoms with E-state index in [0.717, 1.165) is 7.11 Å². The van der Waals surface area contributed by atoms with Gasteiger partial charge in [-0.2, -0.15) is 0 Å². The number of anilines is 1. The number of fused-ring (bicyclic) bond motifs is 1. The molecule has 5 N–H and O–H groups in total. The highest BCUT2D eigenvalue weighted by Gasteiger charge is 2.45. The van der Waals surface area contributed by atoms with Crippen LogP contribution in [0.2, 0.25) is 0 Å². The molecule has 0 bridgehead atoms. The summed E-state index contributed by atoms with van der Waals surface area (Å²) in [6, 6.07) is 0. The van der Waals surface area contributed by atoms with Crippen LogP contribution in [-0.2, 0) is 18.6 Å². The van der Waals surface area contributed by atoms with Crippen LogP contribution in [0.15, 0.2) is 12.7 Å². The third kappa shape index (κ3) is 3.00. The fourth-order valence-electron chi connectivity index (χ4n) is 2.27. The smallest absolute Gasteiger partial charge is 0.353 e. The van der Waals surface area contributed by atoms with Crippen LogP contribution >= 0.6 is 7.60 Å². The Morgan fingerprint density at radius 1 is 1.38 bits per heavy atom. The van der Waals surface area contributed by atoms with Gasteiger partial charge in [0, 0.05) is 7.11 Å². The minimum Gasteiger partial charge on any atom is -0.385 e. The molecule has 1 aliphatic rings. The van der Waals surface area contributed by atoms with E-state index in [-0.39, 0.29) is 5.82 Å². The predicted molar refractivity (Wildman–Crippen MR) is 78.4 cm³/mol. The third-order valence-electron chi connectivity index (χ3n) is 3.54. The highest BCUT2D eigenvalue weighted by molar-refractivity contribution is 7.52. The number of aliphatic hydroxyl groups excluding tert-OH is 2. The number of rotatable bonds is 5. The van der Waals surface area contributed by atoms with Crippen molar-refractivity contribution in [1.82, 2.24) is 19.5 Å². The van der Waals surface area contributed by atoms with Gasteiger partial charge >= 0.3 is 7.60 Å². The number of imidazole rings is 1. The Kier molecular flexibility index (Phi) is 4.53. The van der Waals surface area contributed by atoms with Crippen molar-refractivity contribution in [1.29, 1.82) is 0 Å². The van der Waals surface area contributed by atoms with E-state index < -0.39 is 38.7 Å². The molecule has 2 aromatic heterocycles. The summed E-state index contributed by atoms with van der Waals surface area (Å²) in [6.07, 6.45) is -3.41. The minimum atomic E-state index is -3.95. The first-order valence-corrected chi connectivity index (χ1v) is 8.54. The molecule has 0 aromatic carbocycles. The van der Waals surface area contributed by atoms with E-state index in [2.05, 4.69) is 19.5 Å². The van der Waals surface area contributed by atoms with Gasteiger partial charge in [0.2, 0.25) is 0 Å². The average Bonchev–Trinajstić information content (AvgIpc) is 3.10. The largest absolute Gasteiger partial charge is 0.385 e. The van der Waals surface area contributed by atoms with Crippen LogP contribution in [0.5, 0.6) is 0 Å². The molecule has 0 radical (unpaired) electrons. The number of hydrogen-bond donors (Lipinski definition) is 4. The molecule has 24 heavy (non-hydrogen) atoms. The van der Waals surface area contributed by atoms with Crippen molar-refractivity contribution in [2.75, 3.05) is 19.2 Å². The zero-order valence-corrected chi connectivity index (χ0v) is 13.4. The first-order valence-electron chi connectivity index (χ1n) is 6.78. The summed E-state index contributed by atoms with van der Waals surface area (Å²) >= 11 is 0. The van der Waals surface area contributed by atoms with Gasteiger partial charge in [-0.25, -0.2) is 15.0 Å². The summed E-state index contributed by atoms with van der Waals surface area (Å²) < 4.78 is 27.6. The molecular weight excluding hydrogens is 345 g/mol. The van der Waals surface area contributed by atoms with Crippen LogP contribution in [0.25, 0.3) is 11.2 Å². The predicted octanol–water partition coefficient (Wildman–Crippen LogP) is -1.21. The standard InChI is InChI=1S/C11H16N5O7P/c1-21-24(19,20)4-22-11-7(18)6(17)10(23-11)16-3-15-5-8(12)13-2-14-9(5)16/h2-3,6-7,10-11,17-18H,4H2,1H3,(H,19,20)(H2,12,13,14)/t6-,7+,10-,11+/m1/s1. The van der Waals surface area contributed by atoms with Gasteiger partial charge in [0.05, 0.1) is 6.33 Å². The van der Waals surface area contributed by atoms with Crippen molar-refractivity contribution >= 4 is 24.6 Å². The summed E-state index contributed by atoms with van der Waals surface area (Å²) in [5.41, 5.74) is 6.30. The SMILES string of the molecule is COP(=O)(O)CO[C@H]1O[C@@H](n2cnc3c(N)ncnc32)[C@H](O)[C@@H]1O. The van der Waals surface area contributed by atoms with E-state index in [0.29, 0.717) is 11.2 Å². The number of ether oxygens (including phenoxy) is 2. The maximum atomic E-state index is 11.4. The second kappa shape index (κ2) is 6.33. The van der Waals surface area contributed by atoms with Gasteiger partial charge in [0.1, 0.15) is 24.1 Å². The maximum absolute atomic E-state index is 11.4. The van der Waals surface area contributed by atoms with Crippen LogP contribution in [0.4, 0.5) is 5.82 Å². The monoisotopic (exact) mass is 361 g/mol. The van der Waals surface area contributed by atoms with E-state index in [1.807, 2.05) is 0 Å². The zero-order valence-electron chi connectivity index (χ0n) is 12.5. The van der Waals surface area contributed by atoms with E-state index >= 15 is 0 Å². The van der Waals surface area contributed by atoms with Gasteiger partial charge in [0.15, 0.2) is 30.3 Å². The quantitative estimate of drug-likeness (QED) is 0.470. The highest BCUT2D eigenvalue weighted by atomic mass is 31.2. The van der Waals surface area contributed by atoms with Gasteiger partial charge in [-0.05, 0) is 0 Å². The summed E-state index contributed by atoms with van der Waals surface area (Å²) in [5.74, 6) is 0.154. The van der Waals surface area contributed by atoms with Crippen LogP contribution < -0.4 is 5.73 Å². The molecule has 0 saturated carbocycles. The Hall–Kier alpha value is -1.66. The zero-order chi connectivity index (χ0) is 17.5. The molecule has 1 saturated heterocycles. The van der Waals surface area contributed by atoms with Gasteiger partial charge in [-0.15, -0.1) is 0 Å². The van der Waals surface area contributed by atoms with Gasteiger partial charge in [-0.3, -0.25) is 9.13 Å². The lowest BCUT2D eigenvalue weighted by atomic mass is 10.2. The van der Waals surface area contributed by atoms with E-state index in [9.17, 15) is 19.7 Å². The fourth-order valence-corrected chi connectivity index (χ4v) is 2.71. The van der Waals surface area contributed by atoms with Crippen molar-refractivity contribution in [2.45, 2.75) is 24.7 Å². The Bertz CT molecular complexity index is 785. The second-order valence-corrected chi connectivity index (χ2v) is 6.97. The first-order chi connectivity index (χ1) is 11.3. The summed E-state index contributed by atoms with van der Waals surface area (Å²) in [7, 11) is -2.90. The fraction of sp³-hybridized carbons (Fsp3) is 0.545. The molecule has 2 aromatic rings. The van der Waals surface area contributed by atoms with Crippen LogP contribution in [-0.4, -0.2) is 66.6 Å². The second-order valence-electron chi connectivity index (χ2n) is 5.07. The molecule has 0 spiro atoms. The molecule has 1 aliphatic heterocycles. The minimum absolute atomic E-state index is 0.154. The molecule has 3 heterocycles. The van der Waals surface area contributed by atoms with Crippen molar-refractivity contribution in [2.24, 2.45) is 0 Å². The lowest BCUT2D eigenvalue weighted by Crippen LogP contribution is -2.33. The molecule has 3 rings (SSSR count). The lowest BCUT2D eigenvalue weighted by molar-refractivity contribution is -0.167. The molecule has 5 atom stereocenters. The van der Waals surface area contributed by atoms with Crippen molar-refractivity contribution in [3.8, 4) is 0 Å². The Balaban J connectivity index is 1.82. The van der Waals surface area contributed by atoms with Crippen molar-refractivity contribution in [3.63, 3.8) is 0 Å². The average molecular weight is 361 g/mol. The summed E-state index contributed by atoms with van der Waals surface area (Å²) in [6.45, 7) is 0. The van der Waals surface area contributed by atoms with Crippen LogP contribution in [0, 0.1) is 0 Å². The number of aromatic nitrogens is 4. The molecule has 1 fully saturated rings. The molecule has 132 valence electrons. The molecule has 12 nitrogen and oxygen atoms in total. The van der Waals surface area contributed by atoms with Crippen molar-refractivity contribution < 1.29 is 33.7 Å². The number of nitrogens with two attached hydrogens (primary N) is 1. The Morgan fingerprint density at radius 3 is 2.83 bits per heavy atom. The number of hydrogen-bond acceptors (Lipinski definition) is 10. The third-order valence-corrected chi connectivity index (χ3v) is 4.59. The normalized spacial score (nSPS) is 29.8. The lowest BCUT2D eigenvalue weighted by Gasteiger charge is -2.17. The Morgan fingerprint density at radius 2 is 2.12 bits per heavy atom. The Labute approximate surface area is 135 Å². The van der Waals surface area contributed by atoms with Crippen molar-refractivity contribution in [3.05, 3.63) is 12.7 Å². The van der Waals surface area contributed by atoms with E-state index in [4.69, 9.17) is 15.2 Å². The number of aliphatic hydroxyl groups is 2. The number of nitrogens with zero attached hydrogens (tertiary/aromatic N) is 4. The van der Waals surface area contributed by atoms with E-state index in [1.54, 1.807) is 0 Å². The van der Waals surface area contributed by atoms with Crippen LogP contribution in [0.3, 0.4) is 0 Å². The van der Waals surface area contributed by atoms with Crippen LogP contribution in [0.1, 0.15) is 6.23 Å².